The minimum Gasteiger partial charge on any atom is -0.357 e. The van der Waals surface area contributed by atoms with Crippen molar-refractivity contribution in [1.29, 1.82) is 0 Å². The molecule has 0 radical (unpaired) electrons. The molecule has 0 saturated heterocycles. The maximum atomic E-state index is 4.47. The van der Waals surface area contributed by atoms with Crippen LogP contribution >= 0.6 is 0 Å². The number of hydrogen-bond acceptors (Lipinski definition) is 2. The number of hydrogen-bond donors (Lipinski definition) is 2. The van der Waals surface area contributed by atoms with Crippen molar-refractivity contribution >= 4 is 21.8 Å². The lowest BCUT2D eigenvalue weighted by atomic mass is 9.91. The van der Waals surface area contributed by atoms with Gasteiger partial charge in [0.05, 0.1) is 5.52 Å². The molecule has 3 heteroatoms. The number of H-pyrrole nitrogens is 1. The van der Waals surface area contributed by atoms with E-state index in [0.717, 1.165) is 18.5 Å². The van der Waals surface area contributed by atoms with Crippen LogP contribution < -0.4 is 5.32 Å². The predicted molar refractivity (Wildman–Crippen MR) is 107 cm³/mol. The standard InChI is InChI=1S/C23H23N3/c1-2-8-20-18(6-1)19-7-3-9-21(23(19)26-20)25-14-12-16-10-11-17-5-4-13-24-22(17)15-16/h1-2,4-6,8,10-11,13,15,21,25-26H,3,7,9,12,14H2. The van der Waals surface area contributed by atoms with Crippen LogP contribution in [0.25, 0.3) is 21.8 Å². The molecule has 0 fully saturated rings. The molecule has 1 atom stereocenters. The second-order valence-corrected chi connectivity index (χ2v) is 7.24. The van der Waals surface area contributed by atoms with Crippen LogP contribution in [0.2, 0.25) is 0 Å². The van der Waals surface area contributed by atoms with Crippen molar-refractivity contribution in [3.63, 3.8) is 0 Å². The second-order valence-electron chi connectivity index (χ2n) is 7.24. The van der Waals surface area contributed by atoms with Crippen LogP contribution in [0.15, 0.2) is 60.8 Å². The number of nitrogens with zero attached hydrogens (tertiary/aromatic N) is 1. The number of aromatic nitrogens is 2. The van der Waals surface area contributed by atoms with Gasteiger partial charge in [0.15, 0.2) is 0 Å². The fourth-order valence-electron chi connectivity index (χ4n) is 4.28. The maximum absolute atomic E-state index is 4.47. The summed E-state index contributed by atoms with van der Waals surface area (Å²) in [6.07, 6.45) is 6.54. The van der Waals surface area contributed by atoms with Crippen molar-refractivity contribution in [2.24, 2.45) is 0 Å². The third-order valence-electron chi connectivity index (χ3n) is 5.59. The quantitative estimate of drug-likeness (QED) is 0.553. The van der Waals surface area contributed by atoms with E-state index in [9.17, 15) is 0 Å². The lowest BCUT2D eigenvalue weighted by Gasteiger charge is -2.24. The number of benzene rings is 2. The lowest BCUT2D eigenvalue weighted by molar-refractivity contribution is 0.456. The first kappa shape index (κ1) is 15.6. The number of aromatic amines is 1. The Balaban J connectivity index is 1.31. The van der Waals surface area contributed by atoms with E-state index < -0.39 is 0 Å². The smallest absolute Gasteiger partial charge is 0.0704 e. The van der Waals surface area contributed by atoms with Gasteiger partial charge >= 0.3 is 0 Å². The number of fused-ring (bicyclic) bond motifs is 4. The van der Waals surface area contributed by atoms with Crippen molar-refractivity contribution in [1.82, 2.24) is 15.3 Å². The molecule has 1 aliphatic carbocycles. The summed E-state index contributed by atoms with van der Waals surface area (Å²) in [5.41, 5.74) is 6.61. The molecule has 0 amide bonds. The second kappa shape index (κ2) is 6.58. The topological polar surface area (TPSA) is 40.7 Å². The Kier molecular flexibility index (Phi) is 3.95. The number of nitrogens with one attached hydrogen (secondary N) is 2. The average Bonchev–Trinajstić information content (AvgIpc) is 3.08. The van der Waals surface area contributed by atoms with Crippen molar-refractivity contribution in [3.05, 3.63) is 77.6 Å². The van der Waals surface area contributed by atoms with Crippen LogP contribution in [0, 0.1) is 0 Å². The van der Waals surface area contributed by atoms with Crippen molar-refractivity contribution in [2.75, 3.05) is 6.54 Å². The minimum atomic E-state index is 0.435. The molecule has 2 aromatic heterocycles. The normalized spacial score (nSPS) is 16.8. The Morgan fingerprint density at radius 3 is 3.04 bits per heavy atom. The van der Waals surface area contributed by atoms with Crippen LogP contribution in [0.3, 0.4) is 0 Å². The minimum absolute atomic E-state index is 0.435. The van der Waals surface area contributed by atoms with E-state index in [-0.39, 0.29) is 0 Å². The van der Waals surface area contributed by atoms with E-state index in [1.807, 2.05) is 12.3 Å². The Labute approximate surface area is 153 Å². The fraction of sp³-hybridized carbons (Fsp3) is 0.261. The molecule has 1 aliphatic rings. The first-order chi connectivity index (χ1) is 12.9. The van der Waals surface area contributed by atoms with Crippen molar-refractivity contribution < 1.29 is 0 Å². The molecule has 26 heavy (non-hydrogen) atoms. The van der Waals surface area contributed by atoms with E-state index in [0.29, 0.717) is 6.04 Å². The summed E-state index contributed by atoms with van der Waals surface area (Å²) in [6.45, 7) is 0.984. The molecular formula is C23H23N3. The molecule has 0 bridgehead atoms. The Hall–Kier alpha value is -2.65. The van der Waals surface area contributed by atoms with Gasteiger partial charge in [-0.2, -0.15) is 0 Å². The van der Waals surface area contributed by atoms with Crippen molar-refractivity contribution in [3.8, 4) is 0 Å². The largest absolute Gasteiger partial charge is 0.357 e. The molecule has 5 rings (SSSR count). The monoisotopic (exact) mass is 341 g/mol. The van der Waals surface area contributed by atoms with E-state index in [1.54, 1.807) is 0 Å². The number of aryl methyl sites for hydroxylation is 1. The maximum Gasteiger partial charge on any atom is 0.0704 e. The van der Waals surface area contributed by atoms with Gasteiger partial charge < -0.3 is 10.3 Å². The predicted octanol–water partition coefficient (Wildman–Crippen LogP) is 4.93. The van der Waals surface area contributed by atoms with Crippen LogP contribution in [0.5, 0.6) is 0 Å². The molecule has 0 aliphatic heterocycles. The Morgan fingerprint density at radius 2 is 2.04 bits per heavy atom. The third kappa shape index (κ3) is 2.78. The van der Waals surface area contributed by atoms with Crippen LogP contribution in [0.1, 0.15) is 35.7 Å². The van der Waals surface area contributed by atoms with Gasteiger partial charge in [0, 0.05) is 34.2 Å². The van der Waals surface area contributed by atoms with Crippen molar-refractivity contribution in [2.45, 2.75) is 31.7 Å². The highest BCUT2D eigenvalue weighted by Gasteiger charge is 2.23. The molecule has 2 aromatic carbocycles. The van der Waals surface area contributed by atoms with E-state index in [4.69, 9.17) is 0 Å². The van der Waals surface area contributed by atoms with E-state index in [2.05, 4.69) is 63.8 Å². The summed E-state index contributed by atoms with van der Waals surface area (Å²) < 4.78 is 0. The first-order valence-corrected chi connectivity index (χ1v) is 9.55. The molecule has 0 spiro atoms. The van der Waals surface area contributed by atoms with Gasteiger partial charge in [0.25, 0.3) is 0 Å². The van der Waals surface area contributed by atoms with Gasteiger partial charge in [0.2, 0.25) is 0 Å². The van der Waals surface area contributed by atoms with Gasteiger partial charge in [-0.3, -0.25) is 4.98 Å². The highest BCUT2D eigenvalue weighted by atomic mass is 14.9. The third-order valence-corrected chi connectivity index (χ3v) is 5.59. The number of pyridine rings is 1. The number of rotatable bonds is 4. The summed E-state index contributed by atoms with van der Waals surface area (Å²) in [6, 6.07) is 19.8. The van der Waals surface area contributed by atoms with E-state index >= 15 is 0 Å². The highest BCUT2D eigenvalue weighted by Crippen LogP contribution is 2.34. The Bertz CT molecular complexity index is 1060. The summed E-state index contributed by atoms with van der Waals surface area (Å²) in [5, 5.41) is 6.39. The molecule has 3 nitrogen and oxygen atoms in total. The average molecular weight is 341 g/mol. The van der Waals surface area contributed by atoms with Crippen LogP contribution in [-0.2, 0) is 12.8 Å². The summed E-state index contributed by atoms with van der Waals surface area (Å²) in [4.78, 5) is 8.13. The zero-order valence-electron chi connectivity index (χ0n) is 14.8. The summed E-state index contributed by atoms with van der Waals surface area (Å²) in [5.74, 6) is 0. The molecular weight excluding hydrogens is 318 g/mol. The van der Waals surface area contributed by atoms with Crippen LogP contribution in [-0.4, -0.2) is 16.5 Å². The molecule has 0 saturated carbocycles. The fourth-order valence-corrected chi connectivity index (χ4v) is 4.28. The molecule has 2 N–H and O–H groups in total. The van der Waals surface area contributed by atoms with Gasteiger partial charge in [-0.1, -0.05) is 36.4 Å². The zero-order chi connectivity index (χ0) is 17.3. The number of para-hydroxylation sites is 1. The first-order valence-electron chi connectivity index (χ1n) is 9.55. The molecule has 2 heterocycles. The summed E-state index contributed by atoms with van der Waals surface area (Å²) in [7, 11) is 0. The SMILES string of the molecule is c1cnc2cc(CCNC3CCCc4c3[nH]c3ccccc43)ccc2c1. The van der Waals surface area contributed by atoms with Crippen LogP contribution in [0.4, 0.5) is 0 Å². The van der Waals surface area contributed by atoms with Gasteiger partial charge in [-0.25, -0.2) is 0 Å². The van der Waals surface area contributed by atoms with Gasteiger partial charge in [-0.15, -0.1) is 0 Å². The summed E-state index contributed by atoms with van der Waals surface area (Å²) >= 11 is 0. The molecule has 130 valence electrons. The lowest BCUT2D eigenvalue weighted by Crippen LogP contribution is -2.27. The zero-order valence-corrected chi connectivity index (χ0v) is 14.8. The van der Waals surface area contributed by atoms with Gasteiger partial charge in [0.1, 0.15) is 0 Å². The molecule has 4 aromatic rings. The highest BCUT2D eigenvalue weighted by molar-refractivity contribution is 5.85. The Morgan fingerprint density at radius 1 is 1.08 bits per heavy atom. The molecule has 1 unspecified atom stereocenters. The van der Waals surface area contributed by atoms with Gasteiger partial charge in [-0.05, 0) is 61.6 Å². The van der Waals surface area contributed by atoms with E-state index in [1.165, 1.54) is 52.4 Å².